The lowest BCUT2D eigenvalue weighted by atomic mass is 10.1. The zero-order chi connectivity index (χ0) is 11.8. The maximum atomic E-state index is 12.2. The minimum Gasteiger partial charge on any atom is -0.481 e. The van der Waals surface area contributed by atoms with Crippen molar-refractivity contribution in [2.45, 2.75) is 24.7 Å². The fourth-order valence-corrected chi connectivity index (χ4v) is 1.33. The van der Waals surface area contributed by atoms with Gasteiger partial charge in [0.05, 0.1) is 6.42 Å². The van der Waals surface area contributed by atoms with E-state index in [2.05, 4.69) is 0 Å². The molecule has 0 aliphatic heterocycles. The van der Waals surface area contributed by atoms with Gasteiger partial charge in [0.25, 0.3) is 0 Å². The molecule has 0 aliphatic rings. The third kappa shape index (κ3) is 2.46. The monoisotopic (exact) mass is 236 g/mol. The molecule has 14 heavy (non-hydrogen) atoms. The van der Waals surface area contributed by atoms with Gasteiger partial charge in [-0.25, -0.2) is 0 Å². The first kappa shape index (κ1) is 13.4. The molecule has 1 unspecified atom stereocenters. The molecule has 0 aromatic carbocycles. The van der Waals surface area contributed by atoms with Crippen LogP contribution in [0, 0.1) is 0 Å². The molecule has 0 amide bonds. The lowest BCUT2D eigenvalue weighted by Crippen LogP contribution is -2.43. The number of halogens is 3. The van der Waals surface area contributed by atoms with E-state index in [-0.39, 0.29) is 6.92 Å². The third-order valence-corrected chi connectivity index (χ3v) is 3.45. The molecule has 0 rings (SSSR count). The standard InChI is InChI=1S/C5H8F3O5P/c1-4(2-3(9)10,5(6,7)8)14(11,12)13/h2H2,1H3,(H,9,10)(H2,11,12,13). The van der Waals surface area contributed by atoms with Crippen LogP contribution < -0.4 is 0 Å². The molecule has 0 saturated heterocycles. The number of alkyl halides is 3. The van der Waals surface area contributed by atoms with Crippen LogP contribution in [0.4, 0.5) is 13.2 Å². The summed E-state index contributed by atoms with van der Waals surface area (Å²) in [6.45, 7) is 0.182. The van der Waals surface area contributed by atoms with Gasteiger partial charge in [0.2, 0.25) is 0 Å². The summed E-state index contributed by atoms with van der Waals surface area (Å²) < 4.78 is 47.2. The molecule has 0 fully saturated rings. The van der Waals surface area contributed by atoms with Gasteiger partial charge in [-0.1, -0.05) is 0 Å². The molecule has 0 heterocycles. The van der Waals surface area contributed by atoms with Crippen LogP contribution in [0.15, 0.2) is 0 Å². The first-order valence-corrected chi connectivity index (χ1v) is 4.87. The molecule has 1 atom stereocenters. The molecule has 0 bridgehead atoms. The Balaban J connectivity index is 5.29. The zero-order valence-electron chi connectivity index (χ0n) is 6.95. The Morgan fingerprint density at radius 1 is 1.36 bits per heavy atom. The molecule has 9 heteroatoms. The molecule has 0 aliphatic carbocycles. The van der Waals surface area contributed by atoms with Gasteiger partial charge in [0, 0.05) is 0 Å². The lowest BCUT2D eigenvalue weighted by molar-refractivity contribution is -0.172. The van der Waals surface area contributed by atoms with Gasteiger partial charge in [-0.2, -0.15) is 13.2 Å². The Kier molecular flexibility index (Phi) is 3.38. The van der Waals surface area contributed by atoms with E-state index in [9.17, 15) is 22.5 Å². The zero-order valence-corrected chi connectivity index (χ0v) is 7.84. The van der Waals surface area contributed by atoms with E-state index in [0.717, 1.165) is 0 Å². The average Bonchev–Trinajstić information content (AvgIpc) is 1.79. The number of hydrogen-bond donors (Lipinski definition) is 3. The van der Waals surface area contributed by atoms with Crippen molar-refractivity contribution in [1.29, 1.82) is 0 Å². The summed E-state index contributed by atoms with van der Waals surface area (Å²) in [6, 6.07) is 0. The van der Waals surface area contributed by atoms with Crippen molar-refractivity contribution in [3.05, 3.63) is 0 Å². The Morgan fingerprint density at radius 3 is 1.79 bits per heavy atom. The minimum atomic E-state index is -5.57. The molecule has 5 nitrogen and oxygen atoms in total. The second-order valence-corrected chi connectivity index (χ2v) is 4.96. The fourth-order valence-electron chi connectivity index (χ4n) is 0.663. The number of carboxylic acid groups (broad SMARTS) is 1. The van der Waals surface area contributed by atoms with Crippen molar-refractivity contribution in [2.75, 3.05) is 0 Å². The van der Waals surface area contributed by atoms with Crippen LogP contribution in [0.1, 0.15) is 13.3 Å². The summed E-state index contributed by atoms with van der Waals surface area (Å²) in [5.41, 5.74) is 0. The van der Waals surface area contributed by atoms with Gasteiger partial charge in [0.1, 0.15) is 0 Å². The largest absolute Gasteiger partial charge is 0.481 e. The van der Waals surface area contributed by atoms with Crippen LogP contribution in [0.25, 0.3) is 0 Å². The SMILES string of the molecule is CC(CC(=O)O)(C(F)(F)F)P(=O)(O)O. The van der Waals surface area contributed by atoms with Crippen molar-refractivity contribution in [3.8, 4) is 0 Å². The molecule has 3 N–H and O–H groups in total. The Morgan fingerprint density at radius 2 is 1.71 bits per heavy atom. The summed E-state index contributed by atoms with van der Waals surface area (Å²) in [5, 5.41) is 4.60. The second-order valence-electron chi connectivity index (χ2n) is 2.89. The Hall–Kier alpha value is -0.590. The van der Waals surface area contributed by atoms with Crippen molar-refractivity contribution in [1.82, 2.24) is 0 Å². The number of aliphatic carboxylic acids is 1. The van der Waals surface area contributed by atoms with E-state index in [4.69, 9.17) is 14.9 Å². The fraction of sp³-hybridized carbons (Fsp3) is 0.800. The second kappa shape index (κ2) is 3.52. The maximum Gasteiger partial charge on any atom is 0.406 e. The molecule has 84 valence electrons. The number of carbonyl (C=O) groups is 1. The first-order chi connectivity index (χ1) is 5.92. The topological polar surface area (TPSA) is 94.8 Å². The van der Waals surface area contributed by atoms with E-state index in [1.165, 1.54) is 0 Å². The van der Waals surface area contributed by atoms with Crippen molar-refractivity contribution >= 4 is 13.6 Å². The van der Waals surface area contributed by atoms with Gasteiger partial charge in [-0.15, -0.1) is 0 Å². The van der Waals surface area contributed by atoms with Gasteiger partial charge in [-0.05, 0) is 6.92 Å². The third-order valence-electron chi connectivity index (χ3n) is 1.75. The van der Waals surface area contributed by atoms with E-state index < -0.39 is 31.3 Å². The van der Waals surface area contributed by atoms with Gasteiger partial charge < -0.3 is 14.9 Å². The molecule has 0 aromatic rings. The summed E-state index contributed by atoms with van der Waals surface area (Å²) in [6.07, 6.45) is -6.94. The Bertz CT molecular complexity index is 282. The van der Waals surface area contributed by atoms with E-state index in [1.54, 1.807) is 0 Å². The summed E-state index contributed by atoms with van der Waals surface area (Å²) >= 11 is 0. The number of carboxylic acids is 1. The summed E-state index contributed by atoms with van der Waals surface area (Å²) in [5.74, 6) is -1.92. The van der Waals surface area contributed by atoms with Gasteiger partial charge in [0.15, 0.2) is 5.16 Å². The van der Waals surface area contributed by atoms with Crippen molar-refractivity contribution in [3.63, 3.8) is 0 Å². The highest BCUT2D eigenvalue weighted by atomic mass is 31.2. The van der Waals surface area contributed by atoms with E-state index in [1.807, 2.05) is 0 Å². The number of hydrogen-bond acceptors (Lipinski definition) is 2. The smallest absolute Gasteiger partial charge is 0.406 e. The Labute approximate surface area is 76.7 Å². The normalized spacial score (nSPS) is 17.6. The van der Waals surface area contributed by atoms with Crippen LogP contribution in [0.5, 0.6) is 0 Å². The molecule has 0 radical (unpaired) electrons. The predicted octanol–water partition coefficient (Wildman–Crippen LogP) is 0.960. The van der Waals surface area contributed by atoms with Crippen molar-refractivity contribution < 1.29 is 37.4 Å². The highest BCUT2D eigenvalue weighted by Gasteiger charge is 2.63. The summed E-state index contributed by atoms with van der Waals surface area (Å²) in [4.78, 5) is 27.0. The van der Waals surface area contributed by atoms with Crippen LogP contribution in [0.3, 0.4) is 0 Å². The minimum absolute atomic E-state index is 0.182. The van der Waals surface area contributed by atoms with Crippen LogP contribution >= 0.6 is 7.60 Å². The lowest BCUT2D eigenvalue weighted by Gasteiger charge is -2.30. The number of rotatable bonds is 3. The van der Waals surface area contributed by atoms with Crippen molar-refractivity contribution in [2.24, 2.45) is 0 Å². The highest BCUT2D eigenvalue weighted by Crippen LogP contribution is 2.59. The predicted molar refractivity (Wildman–Crippen MR) is 38.8 cm³/mol. The highest BCUT2D eigenvalue weighted by molar-refractivity contribution is 7.53. The van der Waals surface area contributed by atoms with Gasteiger partial charge in [-0.3, -0.25) is 9.36 Å². The van der Waals surface area contributed by atoms with E-state index >= 15 is 0 Å². The summed E-state index contributed by atoms with van der Waals surface area (Å²) in [7, 11) is -5.57. The van der Waals surface area contributed by atoms with E-state index in [0.29, 0.717) is 0 Å². The molecule has 0 saturated carbocycles. The molecular formula is C5H8F3O5P. The quantitative estimate of drug-likeness (QED) is 0.634. The van der Waals surface area contributed by atoms with Crippen LogP contribution in [-0.4, -0.2) is 32.2 Å². The average molecular weight is 236 g/mol. The van der Waals surface area contributed by atoms with Crippen LogP contribution in [-0.2, 0) is 9.36 Å². The molecule has 0 spiro atoms. The molecular weight excluding hydrogens is 228 g/mol. The first-order valence-electron chi connectivity index (χ1n) is 3.26. The molecule has 0 aromatic heterocycles. The maximum absolute atomic E-state index is 12.2. The van der Waals surface area contributed by atoms with Crippen LogP contribution in [0.2, 0.25) is 0 Å². The van der Waals surface area contributed by atoms with Gasteiger partial charge >= 0.3 is 19.7 Å².